The summed E-state index contributed by atoms with van der Waals surface area (Å²) >= 11 is 6.31. The lowest BCUT2D eigenvalue weighted by molar-refractivity contribution is 0.303. The lowest BCUT2D eigenvalue weighted by atomic mass is 10.1. The fraction of sp³-hybridized carbons (Fsp3) is 0.429. The van der Waals surface area contributed by atoms with Gasteiger partial charge in [-0.25, -0.2) is 0 Å². The number of rotatable bonds is 7. The van der Waals surface area contributed by atoms with Crippen molar-refractivity contribution in [3.8, 4) is 0 Å². The lowest BCUT2D eigenvalue weighted by Crippen LogP contribution is -2.27. The number of benzene rings is 1. The van der Waals surface area contributed by atoms with Crippen LogP contribution in [0.2, 0.25) is 5.02 Å². The van der Waals surface area contributed by atoms with Gasteiger partial charge in [0.25, 0.3) is 0 Å². The van der Waals surface area contributed by atoms with Crippen molar-refractivity contribution in [2.75, 3.05) is 31.6 Å². The van der Waals surface area contributed by atoms with Crippen molar-refractivity contribution in [3.05, 3.63) is 41.4 Å². The summed E-state index contributed by atoms with van der Waals surface area (Å²) in [5.41, 5.74) is 2.08. The third kappa shape index (κ3) is 3.73. The van der Waals surface area contributed by atoms with Crippen LogP contribution >= 0.6 is 11.6 Å². The predicted octanol–water partition coefficient (Wildman–Crippen LogP) is 2.61. The highest BCUT2D eigenvalue weighted by Crippen LogP contribution is 2.28. The summed E-state index contributed by atoms with van der Waals surface area (Å²) in [7, 11) is 1.92. The number of hydrogen-bond donors (Lipinski definition) is 2. The molecule has 1 unspecified atom stereocenters. The first kappa shape index (κ1) is 15.0. The molecule has 1 aromatic carbocycles. The Labute approximate surface area is 114 Å². The third-order valence-corrected chi connectivity index (χ3v) is 3.27. The molecule has 0 bridgehead atoms. The van der Waals surface area contributed by atoms with Gasteiger partial charge >= 0.3 is 0 Å². The van der Waals surface area contributed by atoms with Gasteiger partial charge in [0.05, 0.1) is 17.3 Å². The topological polar surface area (TPSA) is 35.5 Å². The molecule has 1 rings (SSSR count). The second kappa shape index (κ2) is 7.41. The van der Waals surface area contributed by atoms with Crippen LogP contribution in [-0.2, 0) is 0 Å². The Balaban J connectivity index is 2.98. The molecule has 18 heavy (non-hydrogen) atoms. The molecule has 1 aromatic rings. The molecule has 3 nitrogen and oxygen atoms in total. The Hall–Kier alpha value is -1.03. The average Bonchev–Trinajstić information content (AvgIpc) is 2.37. The minimum atomic E-state index is 0.0961. The zero-order valence-electron chi connectivity index (χ0n) is 11.0. The first-order chi connectivity index (χ1) is 8.63. The number of nitrogens with one attached hydrogen (secondary N) is 1. The maximum atomic E-state index is 9.07. The summed E-state index contributed by atoms with van der Waals surface area (Å²) < 4.78 is 0. The Morgan fingerprint density at radius 2 is 2.28 bits per heavy atom. The van der Waals surface area contributed by atoms with E-state index < -0.39 is 0 Å². The second-order valence-corrected chi connectivity index (χ2v) is 4.59. The number of nitrogens with zero attached hydrogens (tertiary/aromatic N) is 1. The first-order valence-corrected chi connectivity index (χ1v) is 6.45. The smallest absolute Gasteiger partial charge is 0.0643 e. The van der Waals surface area contributed by atoms with E-state index in [9.17, 15) is 0 Å². The summed E-state index contributed by atoms with van der Waals surface area (Å²) in [6.45, 7) is 7.12. The van der Waals surface area contributed by atoms with Crippen LogP contribution in [0.5, 0.6) is 0 Å². The molecule has 0 aromatic heterocycles. The van der Waals surface area contributed by atoms with Gasteiger partial charge in [0.2, 0.25) is 0 Å². The third-order valence-electron chi connectivity index (χ3n) is 2.96. The highest BCUT2D eigenvalue weighted by Gasteiger charge is 2.11. The van der Waals surface area contributed by atoms with Crippen LogP contribution < -0.4 is 10.2 Å². The van der Waals surface area contributed by atoms with Gasteiger partial charge in [-0.2, -0.15) is 0 Å². The normalized spacial score (nSPS) is 12.2. The maximum Gasteiger partial charge on any atom is 0.0643 e. The van der Waals surface area contributed by atoms with Gasteiger partial charge in [0, 0.05) is 19.1 Å². The Bertz CT molecular complexity index is 395. The fourth-order valence-electron chi connectivity index (χ4n) is 1.80. The number of aliphatic hydroxyl groups excluding tert-OH is 1. The molecule has 0 aliphatic heterocycles. The van der Waals surface area contributed by atoms with Crippen LogP contribution in [0.4, 0.5) is 5.69 Å². The average molecular weight is 269 g/mol. The fourth-order valence-corrected chi connectivity index (χ4v) is 2.11. The molecule has 0 saturated carbocycles. The van der Waals surface area contributed by atoms with Gasteiger partial charge in [-0.3, -0.25) is 0 Å². The summed E-state index contributed by atoms with van der Waals surface area (Å²) in [6, 6.07) is 6.27. The van der Waals surface area contributed by atoms with Crippen molar-refractivity contribution < 1.29 is 5.11 Å². The minimum absolute atomic E-state index is 0.0961. The molecule has 0 spiro atoms. The SMILES string of the molecule is C=CCN(CCO)c1ccc(C(C)NC)cc1Cl. The van der Waals surface area contributed by atoms with Crippen LogP contribution in [0.3, 0.4) is 0 Å². The second-order valence-electron chi connectivity index (χ2n) is 4.18. The van der Waals surface area contributed by atoms with Crippen molar-refractivity contribution in [1.82, 2.24) is 5.32 Å². The number of anilines is 1. The van der Waals surface area contributed by atoms with Crippen molar-refractivity contribution in [2.24, 2.45) is 0 Å². The summed E-state index contributed by atoms with van der Waals surface area (Å²) in [5.74, 6) is 0. The number of hydrogen-bond acceptors (Lipinski definition) is 3. The van der Waals surface area contributed by atoms with Crippen molar-refractivity contribution in [2.45, 2.75) is 13.0 Å². The van der Waals surface area contributed by atoms with Crippen LogP contribution in [0.1, 0.15) is 18.5 Å². The lowest BCUT2D eigenvalue weighted by Gasteiger charge is -2.24. The minimum Gasteiger partial charge on any atom is -0.395 e. The largest absolute Gasteiger partial charge is 0.395 e. The molecule has 0 radical (unpaired) electrons. The zero-order valence-corrected chi connectivity index (χ0v) is 11.7. The molecule has 0 aliphatic rings. The predicted molar refractivity (Wildman–Crippen MR) is 78.4 cm³/mol. The summed E-state index contributed by atoms with van der Waals surface area (Å²) in [6.07, 6.45) is 1.80. The van der Waals surface area contributed by atoms with E-state index in [-0.39, 0.29) is 12.6 Å². The van der Waals surface area contributed by atoms with Crippen molar-refractivity contribution >= 4 is 17.3 Å². The highest BCUT2D eigenvalue weighted by atomic mass is 35.5. The van der Waals surface area contributed by atoms with Gasteiger partial charge in [-0.05, 0) is 31.7 Å². The number of halogens is 1. The summed E-state index contributed by atoms with van der Waals surface area (Å²) in [5, 5.41) is 12.9. The van der Waals surface area contributed by atoms with Gasteiger partial charge in [0.1, 0.15) is 0 Å². The van der Waals surface area contributed by atoms with E-state index >= 15 is 0 Å². The molecule has 0 heterocycles. The highest BCUT2D eigenvalue weighted by molar-refractivity contribution is 6.33. The molecule has 1 atom stereocenters. The standard InChI is InChI=1S/C14H21ClN2O/c1-4-7-17(8-9-18)14-6-5-12(10-13(14)15)11(2)16-3/h4-6,10-11,16,18H,1,7-9H2,2-3H3. The van der Waals surface area contributed by atoms with E-state index in [1.165, 1.54) is 0 Å². The number of aliphatic hydroxyl groups is 1. The molecule has 2 N–H and O–H groups in total. The van der Waals surface area contributed by atoms with E-state index in [0.29, 0.717) is 18.1 Å². The van der Waals surface area contributed by atoms with Gasteiger partial charge in [-0.1, -0.05) is 23.7 Å². The zero-order chi connectivity index (χ0) is 13.5. The van der Waals surface area contributed by atoms with E-state index in [1.807, 2.05) is 24.1 Å². The Kier molecular flexibility index (Phi) is 6.19. The van der Waals surface area contributed by atoms with Crippen LogP contribution in [0.15, 0.2) is 30.9 Å². The molecule has 4 heteroatoms. The van der Waals surface area contributed by atoms with E-state index in [0.717, 1.165) is 11.3 Å². The molecule has 0 amide bonds. The van der Waals surface area contributed by atoms with E-state index in [1.54, 1.807) is 6.08 Å². The van der Waals surface area contributed by atoms with Gasteiger partial charge in [-0.15, -0.1) is 6.58 Å². The molecule has 0 fully saturated rings. The van der Waals surface area contributed by atoms with Crippen LogP contribution in [0.25, 0.3) is 0 Å². The Morgan fingerprint density at radius 1 is 1.56 bits per heavy atom. The summed E-state index contributed by atoms with van der Waals surface area (Å²) in [4.78, 5) is 2.00. The van der Waals surface area contributed by atoms with Crippen LogP contribution in [0, 0.1) is 0 Å². The molecular weight excluding hydrogens is 248 g/mol. The quantitative estimate of drug-likeness (QED) is 0.746. The maximum absolute atomic E-state index is 9.07. The molecule has 100 valence electrons. The monoisotopic (exact) mass is 268 g/mol. The van der Waals surface area contributed by atoms with Crippen molar-refractivity contribution in [1.29, 1.82) is 0 Å². The molecule has 0 saturated heterocycles. The Morgan fingerprint density at radius 3 is 2.78 bits per heavy atom. The van der Waals surface area contributed by atoms with Gasteiger partial charge in [0.15, 0.2) is 0 Å². The van der Waals surface area contributed by atoms with E-state index in [2.05, 4.69) is 24.9 Å². The van der Waals surface area contributed by atoms with E-state index in [4.69, 9.17) is 16.7 Å². The first-order valence-electron chi connectivity index (χ1n) is 6.07. The van der Waals surface area contributed by atoms with Crippen molar-refractivity contribution in [3.63, 3.8) is 0 Å². The van der Waals surface area contributed by atoms with Gasteiger partial charge < -0.3 is 15.3 Å². The van der Waals surface area contributed by atoms with Crippen LogP contribution in [-0.4, -0.2) is 31.9 Å². The molecule has 0 aliphatic carbocycles. The molecular formula is C14H21ClN2O.